The molecule has 3 heterocycles. The Balaban J connectivity index is 2.27. The van der Waals surface area contributed by atoms with Gasteiger partial charge in [-0.05, 0) is 35.6 Å². The minimum atomic E-state index is -0.247. The number of nitrogens with zero attached hydrogens (tertiary/aromatic N) is 2. The predicted octanol–water partition coefficient (Wildman–Crippen LogP) is 4.03. The normalized spacial score (nSPS) is 11.7. The minimum absolute atomic E-state index is 0.144. The van der Waals surface area contributed by atoms with E-state index in [4.69, 9.17) is 0 Å². The highest BCUT2D eigenvalue weighted by Crippen LogP contribution is 2.25. The average molecular weight is 350 g/mol. The molecular weight excluding hydrogens is 332 g/mol. The van der Waals surface area contributed by atoms with Gasteiger partial charge in [-0.1, -0.05) is 32.0 Å². The Morgan fingerprint density at radius 2 is 1.72 bits per heavy atom. The molecule has 4 aromatic rings. The summed E-state index contributed by atoms with van der Waals surface area (Å²) in [5.41, 5.74) is 2.82. The Morgan fingerprint density at radius 3 is 2.40 bits per heavy atom. The lowest BCUT2D eigenvalue weighted by Gasteiger charge is -2.18. The molecule has 5 heteroatoms. The largest absolute Gasteiger partial charge is 0.343 e. The van der Waals surface area contributed by atoms with Crippen molar-refractivity contribution in [3.8, 4) is 5.69 Å². The van der Waals surface area contributed by atoms with Gasteiger partial charge >= 0.3 is 0 Å². The van der Waals surface area contributed by atoms with Gasteiger partial charge in [-0.15, -0.1) is 11.3 Å². The molecule has 4 rings (SSSR count). The van der Waals surface area contributed by atoms with Gasteiger partial charge in [-0.2, -0.15) is 0 Å². The third-order valence-electron chi connectivity index (χ3n) is 4.62. The Labute approximate surface area is 148 Å². The van der Waals surface area contributed by atoms with Crippen LogP contribution in [0.15, 0.2) is 57.4 Å². The highest BCUT2D eigenvalue weighted by Gasteiger charge is 2.19. The molecule has 0 spiro atoms. The second-order valence-electron chi connectivity index (χ2n) is 6.48. The molecule has 4 nitrogen and oxygen atoms in total. The molecule has 1 aromatic carbocycles. The van der Waals surface area contributed by atoms with E-state index in [0.717, 1.165) is 16.9 Å². The summed E-state index contributed by atoms with van der Waals surface area (Å²) < 4.78 is 4.25. The summed E-state index contributed by atoms with van der Waals surface area (Å²) in [6.45, 7) is 4.11. The maximum Gasteiger partial charge on any atom is 0.268 e. The summed E-state index contributed by atoms with van der Waals surface area (Å²) in [4.78, 5) is 26.3. The molecule has 0 radical (unpaired) electrons. The number of benzene rings is 1. The molecule has 0 N–H and O–H groups in total. The third-order valence-corrected chi connectivity index (χ3v) is 5.52. The van der Waals surface area contributed by atoms with Crippen LogP contribution in [0.4, 0.5) is 0 Å². The molecule has 0 saturated carbocycles. The maximum absolute atomic E-state index is 13.3. The summed E-state index contributed by atoms with van der Waals surface area (Å²) in [7, 11) is 1.91. The van der Waals surface area contributed by atoms with E-state index in [2.05, 4.69) is 13.8 Å². The lowest BCUT2D eigenvalue weighted by molar-refractivity contribution is 0.762. The molecule has 0 saturated heterocycles. The van der Waals surface area contributed by atoms with Crippen molar-refractivity contribution in [3.63, 3.8) is 0 Å². The van der Waals surface area contributed by atoms with Crippen molar-refractivity contribution in [2.24, 2.45) is 7.05 Å². The number of pyridine rings is 2. The second kappa shape index (κ2) is 5.70. The Hall–Kier alpha value is -2.66. The molecule has 0 fully saturated rings. The van der Waals surface area contributed by atoms with E-state index in [1.165, 1.54) is 11.3 Å². The van der Waals surface area contributed by atoms with Gasteiger partial charge in [0.05, 0.1) is 15.7 Å². The fraction of sp³-hybridized carbons (Fsp3) is 0.200. The van der Waals surface area contributed by atoms with E-state index < -0.39 is 0 Å². The monoisotopic (exact) mass is 350 g/mol. The zero-order valence-electron chi connectivity index (χ0n) is 14.3. The van der Waals surface area contributed by atoms with Crippen LogP contribution in [0.5, 0.6) is 0 Å². The van der Waals surface area contributed by atoms with E-state index in [9.17, 15) is 9.59 Å². The van der Waals surface area contributed by atoms with Crippen LogP contribution >= 0.6 is 11.3 Å². The van der Waals surface area contributed by atoms with Crippen molar-refractivity contribution in [2.75, 3.05) is 0 Å². The topological polar surface area (TPSA) is 44.0 Å². The Kier molecular flexibility index (Phi) is 3.62. The van der Waals surface area contributed by atoms with Crippen LogP contribution < -0.4 is 11.0 Å². The fourth-order valence-corrected chi connectivity index (χ4v) is 4.21. The van der Waals surface area contributed by atoms with Crippen molar-refractivity contribution >= 4 is 32.5 Å². The number of hydrogen-bond acceptors (Lipinski definition) is 3. The summed E-state index contributed by atoms with van der Waals surface area (Å²) in [5, 5.41) is 2.15. The summed E-state index contributed by atoms with van der Waals surface area (Å²) >= 11 is 1.38. The van der Waals surface area contributed by atoms with Crippen molar-refractivity contribution in [1.29, 1.82) is 0 Å². The standard InChI is InChI=1S/C20H18N2O2S/c1-12(2)15-11-16-17(18(23)19-14(21(16)3)9-10-25-19)20(24)22(15)13-7-5-4-6-8-13/h4-12H,1-3H3. The van der Waals surface area contributed by atoms with Crippen molar-refractivity contribution in [1.82, 2.24) is 9.13 Å². The Morgan fingerprint density at radius 1 is 1.00 bits per heavy atom. The fourth-order valence-electron chi connectivity index (χ4n) is 3.34. The van der Waals surface area contributed by atoms with E-state index in [0.29, 0.717) is 10.2 Å². The van der Waals surface area contributed by atoms with Gasteiger partial charge in [0.1, 0.15) is 5.39 Å². The summed E-state index contributed by atoms with van der Waals surface area (Å²) in [6.07, 6.45) is 0. The molecule has 0 amide bonds. The predicted molar refractivity (Wildman–Crippen MR) is 104 cm³/mol. The van der Waals surface area contributed by atoms with Crippen LogP contribution in [0.1, 0.15) is 25.5 Å². The van der Waals surface area contributed by atoms with E-state index in [-0.39, 0.29) is 22.3 Å². The number of rotatable bonds is 2. The van der Waals surface area contributed by atoms with Gasteiger partial charge in [0, 0.05) is 18.4 Å². The number of fused-ring (bicyclic) bond motifs is 2. The van der Waals surface area contributed by atoms with Crippen molar-refractivity contribution in [2.45, 2.75) is 19.8 Å². The quantitative estimate of drug-likeness (QED) is 0.548. The third kappa shape index (κ3) is 2.27. The molecule has 0 aliphatic carbocycles. The van der Waals surface area contributed by atoms with E-state index in [1.54, 1.807) is 4.57 Å². The number of aromatic nitrogens is 2. The van der Waals surface area contributed by atoms with Gasteiger partial charge in [0.25, 0.3) is 5.56 Å². The van der Waals surface area contributed by atoms with E-state index in [1.807, 2.05) is 59.5 Å². The van der Waals surface area contributed by atoms with Gasteiger partial charge in [0.15, 0.2) is 0 Å². The highest BCUT2D eigenvalue weighted by molar-refractivity contribution is 7.17. The average Bonchev–Trinajstić information content (AvgIpc) is 3.10. The van der Waals surface area contributed by atoms with Crippen LogP contribution in [-0.2, 0) is 7.05 Å². The first-order valence-corrected chi connectivity index (χ1v) is 9.10. The van der Waals surface area contributed by atoms with Gasteiger partial charge < -0.3 is 4.57 Å². The van der Waals surface area contributed by atoms with Crippen LogP contribution in [0.25, 0.3) is 26.8 Å². The summed E-state index contributed by atoms with van der Waals surface area (Å²) in [5.74, 6) is 0.144. The molecule has 3 aromatic heterocycles. The first-order valence-electron chi connectivity index (χ1n) is 8.22. The molecule has 0 atom stereocenters. The zero-order valence-corrected chi connectivity index (χ0v) is 15.1. The van der Waals surface area contributed by atoms with Crippen LogP contribution in [-0.4, -0.2) is 9.13 Å². The van der Waals surface area contributed by atoms with Gasteiger partial charge in [-0.3, -0.25) is 14.2 Å². The lowest BCUT2D eigenvalue weighted by Crippen LogP contribution is -2.28. The number of thiophene rings is 1. The first-order chi connectivity index (χ1) is 12.0. The lowest BCUT2D eigenvalue weighted by atomic mass is 10.1. The minimum Gasteiger partial charge on any atom is -0.343 e. The molecule has 0 bridgehead atoms. The Bertz CT molecular complexity index is 1210. The number of para-hydroxylation sites is 1. The molecule has 25 heavy (non-hydrogen) atoms. The molecule has 126 valence electrons. The smallest absolute Gasteiger partial charge is 0.268 e. The van der Waals surface area contributed by atoms with Crippen LogP contribution in [0.2, 0.25) is 0 Å². The van der Waals surface area contributed by atoms with Gasteiger partial charge in [-0.25, -0.2) is 0 Å². The van der Waals surface area contributed by atoms with Crippen molar-refractivity contribution < 1.29 is 0 Å². The van der Waals surface area contributed by atoms with Crippen LogP contribution in [0.3, 0.4) is 0 Å². The van der Waals surface area contributed by atoms with E-state index >= 15 is 0 Å². The molecule has 0 aliphatic rings. The van der Waals surface area contributed by atoms with Crippen molar-refractivity contribution in [3.05, 3.63) is 74.1 Å². The number of aryl methyl sites for hydroxylation is 1. The molecule has 0 aliphatic heterocycles. The molecule has 0 unspecified atom stereocenters. The van der Waals surface area contributed by atoms with Gasteiger partial charge in [0.2, 0.25) is 5.43 Å². The highest BCUT2D eigenvalue weighted by atomic mass is 32.1. The zero-order chi connectivity index (χ0) is 17.7. The van der Waals surface area contributed by atoms with Crippen LogP contribution in [0, 0.1) is 0 Å². The first kappa shape index (κ1) is 15.8. The SMILES string of the molecule is CC(C)c1cc2c(c(=O)c3sccc3n2C)c(=O)n1-c1ccccc1. The summed E-state index contributed by atoms with van der Waals surface area (Å²) in [6, 6.07) is 13.4. The molecular formula is C20H18N2O2S. The maximum atomic E-state index is 13.3. The number of hydrogen-bond donors (Lipinski definition) is 0. The second-order valence-corrected chi connectivity index (χ2v) is 7.40.